The topological polar surface area (TPSA) is 70.5 Å². The van der Waals surface area contributed by atoms with E-state index >= 15 is 0 Å². The van der Waals surface area contributed by atoms with Crippen LogP contribution in [-0.4, -0.2) is 39.5 Å². The Morgan fingerprint density at radius 3 is 2.55 bits per heavy atom. The van der Waals surface area contributed by atoms with Crippen LogP contribution in [0.4, 0.5) is 0 Å². The van der Waals surface area contributed by atoms with Gasteiger partial charge in [-0.3, -0.25) is 9.59 Å². The Labute approximate surface area is 123 Å². The van der Waals surface area contributed by atoms with Gasteiger partial charge in [-0.25, -0.2) is 4.98 Å². The summed E-state index contributed by atoms with van der Waals surface area (Å²) >= 11 is 5.91. The summed E-state index contributed by atoms with van der Waals surface area (Å²) in [5, 5.41) is 9.03. The van der Waals surface area contributed by atoms with Crippen LogP contribution in [0.1, 0.15) is 43.2 Å². The fraction of sp³-hybridized carbons (Fsp3) is 0.500. The van der Waals surface area contributed by atoms with E-state index in [9.17, 15) is 9.59 Å². The lowest BCUT2D eigenvalue weighted by Gasteiger charge is -2.26. The van der Waals surface area contributed by atoms with Gasteiger partial charge in [-0.05, 0) is 32.4 Å². The number of hydrogen-bond donors (Lipinski definition) is 1. The Kier molecular flexibility index (Phi) is 5.95. The van der Waals surface area contributed by atoms with Crippen molar-refractivity contribution in [2.24, 2.45) is 0 Å². The second-order valence-corrected chi connectivity index (χ2v) is 5.15. The zero-order chi connectivity index (χ0) is 15.3. The first kappa shape index (κ1) is 16.4. The summed E-state index contributed by atoms with van der Waals surface area (Å²) in [6.45, 7) is 5.80. The summed E-state index contributed by atoms with van der Waals surface area (Å²) in [4.78, 5) is 28.8. The van der Waals surface area contributed by atoms with Gasteiger partial charge in [0.2, 0.25) is 0 Å². The molecular formula is C14H19ClN2O3. The number of halogens is 1. The molecule has 0 aliphatic heterocycles. The largest absolute Gasteiger partial charge is 0.481 e. The molecule has 1 amide bonds. The van der Waals surface area contributed by atoms with Crippen LogP contribution >= 0.6 is 11.6 Å². The molecule has 0 saturated heterocycles. The third-order valence-electron chi connectivity index (χ3n) is 2.91. The van der Waals surface area contributed by atoms with Crippen molar-refractivity contribution in [2.45, 2.75) is 39.7 Å². The number of carbonyl (C=O) groups excluding carboxylic acids is 1. The van der Waals surface area contributed by atoms with Gasteiger partial charge in [0.1, 0.15) is 5.15 Å². The third-order valence-corrected chi connectivity index (χ3v) is 3.10. The molecular weight excluding hydrogens is 280 g/mol. The van der Waals surface area contributed by atoms with Crippen LogP contribution in [0.3, 0.4) is 0 Å². The molecule has 0 aliphatic carbocycles. The standard InChI is InChI=1S/C14H19ClN2O3/c1-4-11-7-10(8-12(15)16-11)14(20)17(9(2)3)6-5-13(18)19/h7-9H,4-6H2,1-3H3,(H,18,19). The van der Waals surface area contributed by atoms with Crippen molar-refractivity contribution < 1.29 is 14.7 Å². The predicted octanol–water partition coefficient (Wildman–Crippen LogP) is 2.62. The van der Waals surface area contributed by atoms with Crippen molar-refractivity contribution in [1.29, 1.82) is 0 Å². The predicted molar refractivity (Wildman–Crippen MR) is 77.1 cm³/mol. The second kappa shape index (κ2) is 7.24. The number of aryl methyl sites for hydroxylation is 1. The van der Waals surface area contributed by atoms with Gasteiger partial charge in [-0.1, -0.05) is 18.5 Å². The van der Waals surface area contributed by atoms with Gasteiger partial charge in [-0.15, -0.1) is 0 Å². The second-order valence-electron chi connectivity index (χ2n) is 4.76. The number of carboxylic acids is 1. The van der Waals surface area contributed by atoms with Gasteiger partial charge in [0.05, 0.1) is 6.42 Å². The van der Waals surface area contributed by atoms with Crippen LogP contribution in [-0.2, 0) is 11.2 Å². The maximum atomic E-state index is 12.5. The Bertz CT molecular complexity index is 503. The van der Waals surface area contributed by atoms with E-state index in [1.807, 2.05) is 20.8 Å². The van der Waals surface area contributed by atoms with E-state index in [1.54, 1.807) is 6.07 Å². The lowest BCUT2D eigenvalue weighted by atomic mass is 10.1. The SMILES string of the molecule is CCc1cc(C(=O)N(CCC(=O)O)C(C)C)cc(Cl)n1. The molecule has 0 saturated carbocycles. The number of carbonyl (C=O) groups is 2. The summed E-state index contributed by atoms with van der Waals surface area (Å²) in [5.74, 6) is -1.15. The molecule has 0 atom stereocenters. The van der Waals surface area contributed by atoms with E-state index in [0.29, 0.717) is 12.0 Å². The van der Waals surface area contributed by atoms with E-state index in [1.165, 1.54) is 11.0 Å². The van der Waals surface area contributed by atoms with E-state index in [0.717, 1.165) is 5.69 Å². The summed E-state index contributed by atoms with van der Waals surface area (Å²) < 4.78 is 0. The maximum Gasteiger partial charge on any atom is 0.305 e. The number of aliphatic carboxylic acids is 1. The van der Waals surface area contributed by atoms with E-state index in [4.69, 9.17) is 16.7 Å². The molecule has 0 fully saturated rings. The highest BCUT2D eigenvalue weighted by Crippen LogP contribution is 2.15. The normalized spacial score (nSPS) is 10.7. The molecule has 0 aliphatic rings. The summed E-state index contributed by atoms with van der Waals surface area (Å²) in [5.41, 5.74) is 1.18. The number of nitrogens with zero attached hydrogens (tertiary/aromatic N) is 2. The lowest BCUT2D eigenvalue weighted by Crippen LogP contribution is -2.38. The number of amides is 1. The van der Waals surface area contributed by atoms with Crippen LogP contribution in [0.15, 0.2) is 12.1 Å². The zero-order valence-corrected chi connectivity index (χ0v) is 12.6. The number of rotatable bonds is 6. The Hall–Kier alpha value is -1.62. The number of hydrogen-bond acceptors (Lipinski definition) is 3. The van der Waals surface area contributed by atoms with E-state index < -0.39 is 5.97 Å². The average Bonchev–Trinajstić information content (AvgIpc) is 2.37. The number of carboxylic acid groups (broad SMARTS) is 1. The molecule has 20 heavy (non-hydrogen) atoms. The van der Waals surface area contributed by atoms with Gasteiger partial charge in [0.25, 0.3) is 5.91 Å². The smallest absolute Gasteiger partial charge is 0.305 e. The number of aromatic nitrogens is 1. The molecule has 1 aromatic rings. The molecule has 1 heterocycles. The minimum atomic E-state index is -0.926. The molecule has 0 spiro atoms. The van der Waals surface area contributed by atoms with Gasteiger partial charge >= 0.3 is 5.97 Å². The van der Waals surface area contributed by atoms with E-state index in [-0.39, 0.29) is 30.1 Å². The molecule has 1 aromatic heterocycles. The average molecular weight is 299 g/mol. The summed E-state index contributed by atoms with van der Waals surface area (Å²) in [7, 11) is 0. The number of pyridine rings is 1. The van der Waals surface area contributed by atoms with Crippen LogP contribution in [0.2, 0.25) is 5.15 Å². The van der Waals surface area contributed by atoms with Gasteiger partial charge in [-0.2, -0.15) is 0 Å². The highest BCUT2D eigenvalue weighted by atomic mass is 35.5. The first-order valence-corrected chi connectivity index (χ1v) is 6.92. The van der Waals surface area contributed by atoms with E-state index in [2.05, 4.69) is 4.98 Å². The zero-order valence-electron chi connectivity index (χ0n) is 11.9. The quantitative estimate of drug-likeness (QED) is 0.820. The Morgan fingerprint density at radius 1 is 1.40 bits per heavy atom. The monoisotopic (exact) mass is 298 g/mol. The molecule has 1 N–H and O–H groups in total. The maximum absolute atomic E-state index is 12.5. The van der Waals surface area contributed by atoms with Crippen LogP contribution in [0, 0.1) is 0 Å². The molecule has 6 heteroatoms. The van der Waals surface area contributed by atoms with Crippen LogP contribution in [0.5, 0.6) is 0 Å². The minimum absolute atomic E-state index is 0.0800. The van der Waals surface area contributed by atoms with Crippen molar-refractivity contribution in [3.63, 3.8) is 0 Å². The van der Waals surface area contributed by atoms with Crippen molar-refractivity contribution in [3.05, 3.63) is 28.5 Å². The van der Waals surface area contributed by atoms with Crippen LogP contribution < -0.4 is 0 Å². The van der Waals surface area contributed by atoms with Gasteiger partial charge in [0, 0.05) is 23.8 Å². The molecule has 5 nitrogen and oxygen atoms in total. The molecule has 1 rings (SSSR count). The van der Waals surface area contributed by atoms with Crippen LogP contribution in [0.25, 0.3) is 0 Å². The molecule has 0 bridgehead atoms. The molecule has 0 aromatic carbocycles. The highest BCUT2D eigenvalue weighted by Gasteiger charge is 2.20. The summed E-state index contributed by atoms with van der Waals surface area (Å²) in [6, 6.07) is 3.13. The Balaban J connectivity index is 2.99. The third kappa shape index (κ3) is 4.49. The fourth-order valence-electron chi connectivity index (χ4n) is 1.83. The van der Waals surface area contributed by atoms with Crippen molar-refractivity contribution >= 4 is 23.5 Å². The molecule has 110 valence electrons. The summed E-state index contributed by atoms with van der Waals surface area (Å²) in [6.07, 6.45) is 0.598. The Morgan fingerprint density at radius 2 is 2.05 bits per heavy atom. The van der Waals surface area contributed by atoms with Crippen molar-refractivity contribution in [3.8, 4) is 0 Å². The van der Waals surface area contributed by atoms with Crippen molar-refractivity contribution in [2.75, 3.05) is 6.54 Å². The minimum Gasteiger partial charge on any atom is -0.481 e. The van der Waals surface area contributed by atoms with Gasteiger partial charge < -0.3 is 10.0 Å². The van der Waals surface area contributed by atoms with Crippen molar-refractivity contribution in [1.82, 2.24) is 9.88 Å². The first-order valence-electron chi connectivity index (χ1n) is 6.54. The lowest BCUT2D eigenvalue weighted by molar-refractivity contribution is -0.137. The molecule has 0 unspecified atom stereocenters. The fourth-order valence-corrected chi connectivity index (χ4v) is 2.06. The highest BCUT2D eigenvalue weighted by molar-refractivity contribution is 6.29. The molecule has 0 radical (unpaired) electrons. The first-order chi connectivity index (χ1) is 9.35. The van der Waals surface area contributed by atoms with Gasteiger partial charge in [0.15, 0.2) is 0 Å².